The van der Waals surface area contributed by atoms with Gasteiger partial charge in [-0.25, -0.2) is 14.4 Å². The Morgan fingerprint density at radius 1 is 0.633 bits per heavy atom. The highest BCUT2D eigenvalue weighted by Crippen LogP contribution is 2.33. The smallest absolute Gasteiger partial charge is 0.338 e. The first-order valence-corrected chi connectivity index (χ1v) is 15.3. The summed E-state index contributed by atoms with van der Waals surface area (Å²) in [5.41, 5.74) is 0.579. The van der Waals surface area contributed by atoms with Gasteiger partial charge in [0.15, 0.2) is 37.0 Å². The van der Waals surface area contributed by atoms with Gasteiger partial charge in [0.05, 0.1) is 23.3 Å². The zero-order chi connectivity index (χ0) is 34.9. The molecule has 2 saturated heterocycles. The van der Waals surface area contributed by atoms with Crippen molar-refractivity contribution < 1.29 is 67.0 Å². The van der Waals surface area contributed by atoms with Crippen LogP contribution in [0.15, 0.2) is 91.0 Å². The minimum Gasteiger partial charge on any atom is -0.459 e. The lowest BCUT2D eigenvalue weighted by atomic mass is 10.0. The van der Waals surface area contributed by atoms with Gasteiger partial charge in [-0.15, -0.1) is 0 Å². The summed E-state index contributed by atoms with van der Waals surface area (Å²) in [6.07, 6.45) is -11.5. The Kier molecular flexibility index (Phi) is 11.7. The lowest BCUT2D eigenvalue weighted by Crippen LogP contribution is -2.58. The SMILES string of the molecule is CC(=O)O[C@@H]1[C@H](OC(C)=O)[C@H](O[C@H]2O[C@@H](COC(=O)c3ccccc3)[C@@H](OC(=O)c3ccccc3)[C@H]2OC(=O)c2ccccc2)CO[C@@H]1O. The fourth-order valence-corrected chi connectivity index (χ4v) is 5.25. The van der Waals surface area contributed by atoms with Gasteiger partial charge in [0.1, 0.15) is 18.8 Å². The molecule has 0 aliphatic carbocycles. The second-order valence-electron chi connectivity index (χ2n) is 11.0. The summed E-state index contributed by atoms with van der Waals surface area (Å²) in [4.78, 5) is 63.5. The van der Waals surface area contributed by atoms with Gasteiger partial charge in [0.2, 0.25) is 0 Å². The summed E-state index contributed by atoms with van der Waals surface area (Å²) >= 11 is 0. The minimum absolute atomic E-state index is 0.158. The molecular formula is C35H34O14. The first-order valence-electron chi connectivity index (χ1n) is 15.3. The summed E-state index contributed by atoms with van der Waals surface area (Å²) in [7, 11) is 0. The molecule has 49 heavy (non-hydrogen) atoms. The molecule has 258 valence electrons. The molecule has 0 bridgehead atoms. The Labute approximate surface area is 280 Å². The standard InChI is InChI=1S/C35H34O14/c1-20(36)44-27-25(19-43-34(41)29(27)45-21(2)37)46-35-30(49-33(40)24-16-10-5-11-17-24)28(48-32(39)23-14-8-4-9-15-23)26(47-35)18-42-31(38)22-12-6-3-7-13-22/h3-17,25-30,34-35,41H,18-19H2,1-2H3/t25-,26+,27-,28-,29-,30-,34+,35+/m1/s1. The molecule has 3 aromatic rings. The van der Waals surface area contributed by atoms with Crippen LogP contribution in [0, 0.1) is 0 Å². The quantitative estimate of drug-likeness (QED) is 0.231. The first-order chi connectivity index (χ1) is 23.6. The van der Waals surface area contributed by atoms with Crippen LogP contribution in [-0.4, -0.2) is 97.4 Å². The molecule has 0 spiro atoms. The van der Waals surface area contributed by atoms with Crippen LogP contribution in [0.5, 0.6) is 0 Å². The van der Waals surface area contributed by atoms with Crippen LogP contribution in [0.25, 0.3) is 0 Å². The van der Waals surface area contributed by atoms with E-state index in [1.807, 2.05) is 0 Å². The highest BCUT2D eigenvalue weighted by molar-refractivity contribution is 5.91. The topological polar surface area (TPSA) is 179 Å². The van der Waals surface area contributed by atoms with E-state index >= 15 is 0 Å². The molecule has 5 rings (SSSR count). The van der Waals surface area contributed by atoms with Crippen molar-refractivity contribution in [2.45, 2.75) is 63.1 Å². The molecule has 0 unspecified atom stereocenters. The van der Waals surface area contributed by atoms with Crippen LogP contribution < -0.4 is 0 Å². The maximum Gasteiger partial charge on any atom is 0.338 e. The molecule has 0 radical (unpaired) electrons. The van der Waals surface area contributed by atoms with Crippen LogP contribution in [0.2, 0.25) is 0 Å². The predicted octanol–water partition coefficient (Wildman–Crippen LogP) is 2.62. The maximum absolute atomic E-state index is 13.4. The third kappa shape index (κ3) is 9.06. The highest BCUT2D eigenvalue weighted by Gasteiger charge is 2.54. The van der Waals surface area contributed by atoms with Gasteiger partial charge in [-0.3, -0.25) is 9.59 Å². The Balaban J connectivity index is 1.47. The van der Waals surface area contributed by atoms with Crippen molar-refractivity contribution in [3.63, 3.8) is 0 Å². The zero-order valence-electron chi connectivity index (χ0n) is 26.4. The second kappa shape index (κ2) is 16.3. The molecule has 14 heteroatoms. The fraction of sp³-hybridized carbons (Fsp3) is 0.343. The van der Waals surface area contributed by atoms with E-state index in [1.54, 1.807) is 66.7 Å². The van der Waals surface area contributed by atoms with E-state index in [-0.39, 0.29) is 16.7 Å². The molecule has 2 heterocycles. The van der Waals surface area contributed by atoms with Gasteiger partial charge >= 0.3 is 29.8 Å². The van der Waals surface area contributed by atoms with Gasteiger partial charge in [0, 0.05) is 13.8 Å². The number of ether oxygens (including phenoxy) is 8. The average molecular weight is 679 g/mol. The van der Waals surface area contributed by atoms with Crippen molar-refractivity contribution >= 4 is 29.8 Å². The summed E-state index contributed by atoms with van der Waals surface area (Å²) in [5, 5.41) is 10.4. The van der Waals surface area contributed by atoms with Crippen LogP contribution >= 0.6 is 0 Å². The Morgan fingerprint density at radius 2 is 1.10 bits per heavy atom. The number of hydrogen-bond acceptors (Lipinski definition) is 14. The third-order valence-electron chi connectivity index (χ3n) is 7.48. The largest absolute Gasteiger partial charge is 0.459 e. The van der Waals surface area contributed by atoms with Crippen LogP contribution in [0.1, 0.15) is 44.9 Å². The van der Waals surface area contributed by atoms with E-state index in [0.717, 1.165) is 13.8 Å². The molecule has 3 aromatic carbocycles. The van der Waals surface area contributed by atoms with Crippen molar-refractivity contribution in [3.8, 4) is 0 Å². The first kappa shape index (κ1) is 35.2. The van der Waals surface area contributed by atoms with Crippen LogP contribution in [-0.2, 0) is 47.5 Å². The number of rotatable bonds is 11. The van der Waals surface area contributed by atoms with Crippen molar-refractivity contribution in [2.24, 2.45) is 0 Å². The number of esters is 5. The van der Waals surface area contributed by atoms with Crippen molar-refractivity contribution in [1.29, 1.82) is 0 Å². The van der Waals surface area contributed by atoms with Crippen LogP contribution in [0.4, 0.5) is 0 Å². The van der Waals surface area contributed by atoms with Gasteiger partial charge < -0.3 is 43.0 Å². The highest BCUT2D eigenvalue weighted by atomic mass is 16.8. The summed E-state index contributed by atoms with van der Waals surface area (Å²) in [6.45, 7) is 1.34. The molecule has 1 N–H and O–H groups in total. The van der Waals surface area contributed by atoms with E-state index in [2.05, 4.69) is 0 Å². The lowest BCUT2D eigenvalue weighted by molar-refractivity contribution is -0.297. The zero-order valence-corrected chi connectivity index (χ0v) is 26.4. The normalized spacial score (nSPS) is 26.2. The van der Waals surface area contributed by atoms with Gasteiger partial charge in [0.25, 0.3) is 0 Å². The van der Waals surface area contributed by atoms with E-state index in [0.29, 0.717) is 0 Å². The number of carbonyl (C=O) groups excluding carboxylic acids is 5. The molecule has 0 aromatic heterocycles. The second-order valence-corrected chi connectivity index (χ2v) is 11.0. The molecule has 2 aliphatic heterocycles. The molecule has 0 amide bonds. The van der Waals surface area contributed by atoms with Gasteiger partial charge in [-0.1, -0.05) is 54.6 Å². The number of hydrogen-bond donors (Lipinski definition) is 1. The Bertz CT molecular complexity index is 1600. The van der Waals surface area contributed by atoms with E-state index in [9.17, 15) is 29.1 Å². The molecule has 14 nitrogen and oxygen atoms in total. The minimum atomic E-state index is -1.67. The number of benzene rings is 3. The van der Waals surface area contributed by atoms with Gasteiger partial charge in [-0.2, -0.15) is 0 Å². The number of carbonyl (C=O) groups is 5. The molecule has 2 aliphatic rings. The van der Waals surface area contributed by atoms with E-state index in [1.165, 1.54) is 24.3 Å². The summed E-state index contributed by atoms with van der Waals surface area (Å²) in [5.74, 6) is -3.91. The Morgan fingerprint density at radius 3 is 1.61 bits per heavy atom. The fourth-order valence-electron chi connectivity index (χ4n) is 5.25. The van der Waals surface area contributed by atoms with Crippen molar-refractivity contribution in [3.05, 3.63) is 108 Å². The molecular weight excluding hydrogens is 644 g/mol. The van der Waals surface area contributed by atoms with Gasteiger partial charge in [-0.05, 0) is 36.4 Å². The molecule has 8 atom stereocenters. The Hall–Kier alpha value is -5.15. The predicted molar refractivity (Wildman–Crippen MR) is 165 cm³/mol. The average Bonchev–Trinajstić information content (AvgIpc) is 3.41. The summed E-state index contributed by atoms with van der Waals surface area (Å²) in [6, 6.07) is 24.1. The monoisotopic (exact) mass is 678 g/mol. The number of aliphatic hydroxyl groups excluding tert-OH is 1. The molecule has 0 saturated carbocycles. The van der Waals surface area contributed by atoms with Crippen molar-refractivity contribution in [2.75, 3.05) is 13.2 Å². The maximum atomic E-state index is 13.4. The number of aliphatic hydroxyl groups is 1. The van der Waals surface area contributed by atoms with E-state index in [4.69, 9.17) is 37.9 Å². The summed E-state index contributed by atoms with van der Waals surface area (Å²) < 4.78 is 45.5. The molecule has 2 fully saturated rings. The third-order valence-corrected chi connectivity index (χ3v) is 7.48. The van der Waals surface area contributed by atoms with Crippen LogP contribution in [0.3, 0.4) is 0 Å². The lowest BCUT2D eigenvalue weighted by Gasteiger charge is -2.40. The van der Waals surface area contributed by atoms with E-state index < -0.39 is 92.3 Å². The van der Waals surface area contributed by atoms with Crippen molar-refractivity contribution in [1.82, 2.24) is 0 Å².